The van der Waals surface area contributed by atoms with Crippen molar-refractivity contribution in [2.75, 3.05) is 20.8 Å². The average molecular weight is 343 g/mol. The van der Waals surface area contributed by atoms with Crippen LogP contribution in [0.25, 0.3) is 0 Å². The summed E-state index contributed by atoms with van der Waals surface area (Å²) in [4.78, 5) is 12.6. The Morgan fingerprint density at radius 1 is 1.08 bits per heavy atom. The Morgan fingerprint density at radius 2 is 1.80 bits per heavy atom. The Labute approximate surface area is 148 Å². The third-order valence-corrected chi connectivity index (χ3v) is 3.99. The smallest absolute Gasteiger partial charge is 0.251 e. The van der Waals surface area contributed by atoms with Gasteiger partial charge in [-0.15, -0.1) is 0 Å². The number of methoxy groups -OCH3 is 2. The molecule has 2 aromatic rings. The van der Waals surface area contributed by atoms with E-state index in [1.165, 1.54) is 0 Å². The lowest BCUT2D eigenvalue weighted by atomic mass is 10.1. The molecule has 5 nitrogen and oxygen atoms in total. The summed E-state index contributed by atoms with van der Waals surface area (Å²) in [6.07, 6.45) is 0. The Morgan fingerprint density at radius 3 is 2.40 bits per heavy atom. The van der Waals surface area contributed by atoms with Gasteiger partial charge in [-0.25, -0.2) is 0 Å². The fraction of sp³-hybridized carbons (Fsp3) is 0.350. The predicted octanol–water partition coefficient (Wildman–Crippen LogP) is 3.90. The van der Waals surface area contributed by atoms with Crippen LogP contribution >= 0.6 is 0 Å². The Kier molecular flexibility index (Phi) is 6.28. The molecule has 0 aliphatic heterocycles. The molecule has 0 fully saturated rings. The summed E-state index contributed by atoms with van der Waals surface area (Å²) in [5.74, 6) is 2.07. The van der Waals surface area contributed by atoms with E-state index in [0.29, 0.717) is 23.7 Å². The van der Waals surface area contributed by atoms with Gasteiger partial charge in [-0.2, -0.15) is 0 Å². The minimum Gasteiger partial charge on any atom is -0.497 e. The van der Waals surface area contributed by atoms with E-state index in [0.717, 1.165) is 16.9 Å². The lowest BCUT2D eigenvalue weighted by Gasteiger charge is -2.18. The fourth-order valence-corrected chi connectivity index (χ4v) is 2.64. The highest BCUT2D eigenvalue weighted by Crippen LogP contribution is 2.29. The molecule has 25 heavy (non-hydrogen) atoms. The van der Waals surface area contributed by atoms with E-state index in [4.69, 9.17) is 14.2 Å². The number of carbonyl (C=O) groups is 1. The SMILES string of the molecule is CCOc1ccc(C(=O)N[C@H](C)c2cc(OC)ccc2OC)cc1C. The topological polar surface area (TPSA) is 56.8 Å². The first kappa shape index (κ1) is 18.6. The van der Waals surface area contributed by atoms with Crippen molar-refractivity contribution in [2.24, 2.45) is 0 Å². The van der Waals surface area contributed by atoms with Crippen LogP contribution in [-0.2, 0) is 0 Å². The van der Waals surface area contributed by atoms with Crippen molar-refractivity contribution in [1.29, 1.82) is 0 Å². The second-order valence-corrected chi connectivity index (χ2v) is 5.72. The predicted molar refractivity (Wildman–Crippen MR) is 97.8 cm³/mol. The number of carbonyl (C=O) groups excluding carboxylic acids is 1. The van der Waals surface area contributed by atoms with Gasteiger partial charge in [0.2, 0.25) is 0 Å². The van der Waals surface area contributed by atoms with Crippen molar-refractivity contribution in [3.05, 3.63) is 53.1 Å². The summed E-state index contributed by atoms with van der Waals surface area (Å²) < 4.78 is 16.2. The van der Waals surface area contributed by atoms with Crippen molar-refractivity contribution in [1.82, 2.24) is 5.32 Å². The van der Waals surface area contributed by atoms with E-state index in [-0.39, 0.29) is 11.9 Å². The summed E-state index contributed by atoms with van der Waals surface area (Å²) in [5, 5.41) is 3.00. The minimum atomic E-state index is -0.232. The van der Waals surface area contributed by atoms with Crippen molar-refractivity contribution in [2.45, 2.75) is 26.8 Å². The highest BCUT2D eigenvalue weighted by atomic mass is 16.5. The molecule has 5 heteroatoms. The standard InChI is InChI=1S/C20H25NO4/c1-6-25-18-9-7-15(11-13(18)2)20(22)21-14(3)17-12-16(23-4)8-10-19(17)24-5/h7-12,14H,6H2,1-5H3,(H,21,22)/t14-/m1/s1. The molecular formula is C20H25NO4. The van der Waals surface area contributed by atoms with E-state index in [9.17, 15) is 4.79 Å². The lowest BCUT2D eigenvalue weighted by Crippen LogP contribution is -2.27. The molecule has 0 saturated carbocycles. The van der Waals surface area contributed by atoms with Crippen molar-refractivity contribution in [3.63, 3.8) is 0 Å². The normalized spacial score (nSPS) is 11.6. The number of rotatable bonds is 7. The molecule has 0 unspecified atom stereocenters. The zero-order chi connectivity index (χ0) is 18.4. The van der Waals surface area contributed by atoms with Crippen LogP contribution in [0.2, 0.25) is 0 Å². The van der Waals surface area contributed by atoms with E-state index in [1.807, 2.05) is 51.1 Å². The van der Waals surface area contributed by atoms with E-state index >= 15 is 0 Å². The molecule has 0 heterocycles. The average Bonchev–Trinajstić information content (AvgIpc) is 2.62. The molecule has 1 amide bonds. The van der Waals surface area contributed by atoms with Crippen molar-refractivity contribution >= 4 is 5.91 Å². The van der Waals surface area contributed by atoms with E-state index < -0.39 is 0 Å². The summed E-state index contributed by atoms with van der Waals surface area (Å²) >= 11 is 0. The first-order valence-corrected chi connectivity index (χ1v) is 8.26. The van der Waals surface area contributed by atoms with Crippen molar-refractivity contribution < 1.29 is 19.0 Å². The van der Waals surface area contributed by atoms with Gasteiger partial charge >= 0.3 is 0 Å². The minimum absolute atomic E-state index is 0.150. The van der Waals surface area contributed by atoms with Gasteiger partial charge < -0.3 is 19.5 Å². The van der Waals surface area contributed by atoms with Gasteiger partial charge in [-0.3, -0.25) is 4.79 Å². The van der Waals surface area contributed by atoms with E-state index in [2.05, 4.69) is 5.32 Å². The van der Waals surface area contributed by atoms with Gasteiger partial charge in [-0.05, 0) is 62.7 Å². The number of ether oxygens (including phenoxy) is 3. The first-order valence-electron chi connectivity index (χ1n) is 8.26. The molecule has 0 bridgehead atoms. The number of aryl methyl sites for hydroxylation is 1. The van der Waals surface area contributed by atoms with E-state index in [1.54, 1.807) is 20.3 Å². The number of nitrogens with one attached hydrogen (secondary N) is 1. The summed E-state index contributed by atoms with van der Waals surface area (Å²) in [7, 11) is 3.22. The zero-order valence-corrected chi connectivity index (χ0v) is 15.4. The number of amides is 1. The van der Waals surface area contributed by atoms with Crippen LogP contribution in [0, 0.1) is 6.92 Å². The summed E-state index contributed by atoms with van der Waals surface area (Å²) in [6.45, 7) is 6.37. The van der Waals surface area contributed by atoms with Gasteiger partial charge in [0.05, 0.1) is 26.9 Å². The molecule has 0 aliphatic rings. The van der Waals surface area contributed by atoms with Crippen LogP contribution in [0.1, 0.15) is 41.4 Å². The second-order valence-electron chi connectivity index (χ2n) is 5.72. The second kappa shape index (κ2) is 8.42. The maximum absolute atomic E-state index is 12.6. The number of hydrogen-bond acceptors (Lipinski definition) is 4. The van der Waals surface area contributed by atoms with Gasteiger partial charge in [0, 0.05) is 11.1 Å². The molecule has 2 aromatic carbocycles. The van der Waals surface area contributed by atoms with Crippen molar-refractivity contribution in [3.8, 4) is 17.2 Å². The fourth-order valence-electron chi connectivity index (χ4n) is 2.64. The quantitative estimate of drug-likeness (QED) is 0.828. The highest BCUT2D eigenvalue weighted by molar-refractivity contribution is 5.94. The summed E-state index contributed by atoms with van der Waals surface area (Å²) in [6, 6.07) is 10.7. The molecule has 0 saturated heterocycles. The van der Waals surface area contributed by atoms with Gasteiger partial charge in [0.15, 0.2) is 0 Å². The third kappa shape index (κ3) is 4.44. The zero-order valence-electron chi connectivity index (χ0n) is 15.4. The molecule has 0 spiro atoms. The number of benzene rings is 2. The van der Waals surface area contributed by atoms with Crippen LogP contribution in [0.5, 0.6) is 17.2 Å². The molecule has 0 aromatic heterocycles. The van der Waals surface area contributed by atoms with Gasteiger partial charge in [0.25, 0.3) is 5.91 Å². The Bertz CT molecular complexity index is 742. The van der Waals surface area contributed by atoms with Crippen LogP contribution in [0.3, 0.4) is 0 Å². The highest BCUT2D eigenvalue weighted by Gasteiger charge is 2.17. The molecule has 0 radical (unpaired) electrons. The molecule has 1 atom stereocenters. The maximum Gasteiger partial charge on any atom is 0.251 e. The molecule has 0 aliphatic carbocycles. The Balaban J connectivity index is 2.19. The Hall–Kier alpha value is -2.69. The third-order valence-electron chi connectivity index (χ3n) is 3.99. The molecule has 134 valence electrons. The van der Waals surface area contributed by atoms with Gasteiger partial charge in [-0.1, -0.05) is 0 Å². The molecular weight excluding hydrogens is 318 g/mol. The van der Waals surface area contributed by atoms with Crippen LogP contribution in [0.4, 0.5) is 0 Å². The number of hydrogen-bond donors (Lipinski definition) is 1. The van der Waals surface area contributed by atoms with Gasteiger partial charge in [0.1, 0.15) is 17.2 Å². The first-order chi connectivity index (χ1) is 12.0. The molecule has 2 rings (SSSR count). The largest absolute Gasteiger partial charge is 0.497 e. The molecule has 1 N–H and O–H groups in total. The monoisotopic (exact) mass is 343 g/mol. The maximum atomic E-state index is 12.6. The van der Waals surface area contributed by atoms with Crippen LogP contribution in [-0.4, -0.2) is 26.7 Å². The summed E-state index contributed by atoms with van der Waals surface area (Å²) in [5.41, 5.74) is 2.38. The van der Waals surface area contributed by atoms with Crippen LogP contribution < -0.4 is 19.5 Å². The van der Waals surface area contributed by atoms with Crippen LogP contribution in [0.15, 0.2) is 36.4 Å². The lowest BCUT2D eigenvalue weighted by molar-refractivity contribution is 0.0939.